The third-order valence-electron chi connectivity index (χ3n) is 3.59. The molecule has 0 saturated heterocycles. The predicted molar refractivity (Wildman–Crippen MR) is 84.0 cm³/mol. The van der Waals surface area contributed by atoms with E-state index in [1.165, 1.54) is 11.1 Å². The van der Waals surface area contributed by atoms with Gasteiger partial charge in [0.1, 0.15) is 0 Å². The molecule has 20 heavy (non-hydrogen) atoms. The molecule has 3 rings (SSSR count). The Bertz CT molecular complexity index is 665. The molecule has 1 heterocycles. The first-order chi connectivity index (χ1) is 9.76. The molecule has 102 valence electrons. The van der Waals surface area contributed by atoms with E-state index in [9.17, 15) is 0 Å². The Kier molecular flexibility index (Phi) is 3.42. The van der Waals surface area contributed by atoms with E-state index in [4.69, 9.17) is 0 Å². The molecule has 1 aromatic heterocycles. The molecule has 0 fully saturated rings. The number of aromatic amines is 1. The summed E-state index contributed by atoms with van der Waals surface area (Å²) in [5.41, 5.74) is 4.76. The Hall–Kier alpha value is -2.29. The lowest BCUT2D eigenvalue weighted by Crippen LogP contribution is -2.17. The van der Waals surface area contributed by atoms with Gasteiger partial charge in [0.15, 0.2) is 0 Å². The lowest BCUT2D eigenvalue weighted by atomic mass is 10.1. The van der Waals surface area contributed by atoms with E-state index in [1.54, 1.807) is 0 Å². The molecular formula is C17H19N3. The minimum atomic E-state index is 0.851. The number of hydrogen-bond donors (Lipinski definition) is 1. The molecule has 0 aliphatic carbocycles. The predicted octanol–water partition coefficient (Wildman–Crippen LogP) is 3.76. The molecule has 0 atom stereocenters. The van der Waals surface area contributed by atoms with Gasteiger partial charge in [0.25, 0.3) is 0 Å². The van der Waals surface area contributed by atoms with Crippen LogP contribution >= 0.6 is 0 Å². The summed E-state index contributed by atoms with van der Waals surface area (Å²) >= 11 is 0. The summed E-state index contributed by atoms with van der Waals surface area (Å²) in [6.07, 6.45) is 1.08. The molecule has 0 radical (unpaired) electrons. The van der Waals surface area contributed by atoms with Crippen molar-refractivity contribution >= 4 is 17.0 Å². The molecule has 0 aliphatic heterocycles. The normalized spacial score (nSPS) is 10.9. The maximum absolute atomic E-state index is 4.61. The molecule has 3 heteroatoms. The number of aromatic nitrogens is 2. The van der Waals surface area contributed by atoms with E-state index in [0.717, 1.165) is 29.9 Å². The first-order valence-corrected chi connectivity index (χ1v) is 7.00. The molecule has 0 unspecified atom stereocenters. The number of nitrogens with zero attached hydrogens (tertiary/aromatic N) is 2. The zero-order chi connectivity index (χ0) is 13.9. The summed E-state index contributed by atoms with van der Waals surface area (Å²) < 4.78 is 0. The van der Waals surface area contributed by atoms with Crippen LogP contribution < -0.4 is 4.90 Å². The summed E-state index contributed by atoms with van der Waals surface area (Å²) in [6, 6.07) is 16.9. The van der Waals surface area contributed by atoms with Gasteiger partial charge in [-0.05, 0) is 29.7 Å². The van der Waals surface area contributed by atoms with Crippen molar-refractivity contribution in [3.63, 3.8) is 0 Å². The van der Waals surface area contributed by atoms with Crippen LogP contribution in [0.5, 0.6) is 0 Å². The molecule has 0 bridgehead atoms. The Morgan fingerprint density at radius 2 is 1.70 bits per heavy atom. The number of imidazole rings is 1. The molecule has 0 saturated carbocycles. The van der Waals surface area contributed by atoms with E-state index in [1.807, 2.05) is 18.2 Å². The molecule has 0 amide bonds. The van der Waals surface area contributed by atoms with Crippen LogP contribution in [0.25, 0.3) is 11.0 Å². The molecule has 3 aromatic rings. The van der Waals surface area contributed by atoms with Crippen LogP contribution in [0.1, 0.15) is 18.1 Å². The van der Waals surface area contributed by atoms with Gasteiger partial charge in [-0.1, -0.05) is 43.3 Å². The molecule has 1 N–H and O–H groups in total. The van der Waals surface area contributed by atoms with E-state index < -0.39 is 0 Å². The van der Waals surface area contributed by atoms with Crippen molar-refractivity contribution in [1.29, 1.82) is 0 Å². The van der Waals surface area contributed by atoms with Crippen LogP contribution in [-0.4, -0.2) is 17.0 Å². The monoisotopic (exact) mass is 265 g/mol. The van der Waals surface area contributed by atoms with Crippen molar-refractivity contribution in [1.82, 2.24) is 9.97 Å². The molecular weight excluding hydrogens is 246 g/mol. The average molecular weight is 265 g/mol. The molecule has 2 aromatic carbocycles. The van der Waals surface area contributed by atoms with Crippen molar-refractivity contribution in [3.8, 4) is 0 Å². The van der Waals surface area contributed by atoms with Gasteiger partial charge in [0.2, 0.25) is 5.95 Å². The summed E-state index contributed by atoms with van der Waals surface area (Å²) in [4.78, 5) is 10.1. The second-order valence-electron chi connectivity index (χ2n) is 5.10. The zero-order valence-electron chi connectivity index (χ0n) is 11.9. The fourth-order valence-corrected chi connectivity index (χ4v) is 2.35. The SMILES string of the molecule is CCc1ccc(CN(C)c2nc3ccccc3[nH]2)cc1. The topological polar surface area (TPSA) is 31.9 Å². The van der Waals surface area contributed by atoms with Crippen molar-refractivity contribution in [2.75, 3.05) is 11.9 Å². The van der Waals surface area contributed by atoms with Crippen LogP contribution in [0.15, 0.2) is 48.5 Å². The van der Waals surface area contributed by atoms with Gasteiger partial charge in [-0.3, -0.25) is 0 Å². The number of rotatable bonds is 4. The zero-order valence-corrected chi connectivity index (χ0v) is 11.9. The summed E-state index contributed by atoms with van der Waals surface area (Å²) in [5, 5.41) is 0. The number of nitrogens with one attached hydrogen (secondary N) is 1. The van der Waals surface area contributed by atoms with E-state index in [2.05, 4.69) is 59.2 Å². The fourth-order valence-electron chi connectivity index (χ4n) is 2.35. The number of para-hydroxylation sites is 2. The number of benzene rings is 2. The van der Waals surface area contributed by atoms with Crippen LogP contribution in [0.4, 0.5) is 5.95 Å². The Morgan fingerprint density at radius 3 is 2.40 bits per heavy atom. The molecule has 3 nitrogen and oxygen atoms in total. The lowest BCUT2D eigenvalue weighted by molar-refractivity contribution is 0.883. The highest BCUT2D eigenvalue weighted by Gasteiger charge is 2.07. The third-order valence-corrected chi connectivity index (χ3v) is 3.59. The van der Waals surface area contributed by atoms with Crippen LogP contribution in [0.3, 0.4) is 0 Å². The van der Waals surface area contributed by atoms with Crippen LogP contribution in [0.2, 0.25) is 0 Å². The minimum absolute atomic E-state index is 0.851. The van der Waals surface area contributed by atoms with E-state index in [0.29, 0.717) is 0 Å². The average Bonchev–Trinajstić information content (AvgIpc) is 2.92. The number of anilines is 1. The van der Waals surface area contributed by atoms with Gasteiger partial charge in [-0.15, -0.1) is 0 Å². The quantitative estimate of drug-likeness (QED) is 0.779. The summed E-state index contributed by atoms with van der Waals surface area (Å²) in [6.45, 7) is 3.03. The van der Waals surface area contributed by atoms with Gasteiger partial charge in [0.05, 0.1) is 11.0 Å². The number of fused-ring (bicyclic) bond motifs is 1. The second-order valence-corrected chi connectivity index (χ2v) is 5.10. The number of aryl methyl sites for hydroxylation is 1. The summed E-state index contributed by atoms with van der Waals surface area (Å²) in [5.74, 6) is 0.908. The van der Waals surface area contributed by atoms with Crippen molar-refractivity contribution in [2.45, 2.75) is 19.9 Å². The minimum Gasteiger partial charge on any atom is -0.341 e. The smallest absolute Gasteiger partial charge is 0.203 e. The first kappa shape index (κ1) is 12.7. The van der Waals surface area contributed by atoms with Gasteiger partial charge in [-0.2, -0.15) is 0 Å². The standard InChI is InChI=1S/C17H19N3/c1-3-13-8-10-14(11-9-13)12-20(2)17-18-15-6-4-5-7-16(15)19-17/h4-11H,3,12H2,1-2H3,(H,18,19). The van der Waals surface area contributed by atoms with Gasteiger partial charge in [0, 0.05) is 13.6 Å². The highest BCUT2D eigenvalue weighted by Crippen LogP contribution is 2.17. The highest BCUT2D eigenvalue weighted by atomic mass is 15.2. The van der Waals surface area contributed by atoms with Crippen molar-refractivity contribution in [2.24, 2.45) is 0 Å². The van der Waals surface area contributed by atoms with Crippen molar-refractivity contribution < 1.29 is 0 Å². The van der Waals surface area contributed by atoms with Crippen molar-refractivity contribution in [3.05, 3.63) is 59.7 Å². The Labute approximate surface area is 119 Å². The lowest BCUT2D eigenvalue weighted by Gasteiger charge is -2.16. The maximum Gasteiger partial charge on any atom is 0.203 e. The van der Waals surface area contributed by atoms with Crippen LogP contribution in [-0.2, 0) is 13.0 Å². The fraction of sp³-hybridized carbons (Fsp3) is 0.235. The second kappa shape index (κ2) is 5.37. The van der Waals surface area contributed by atoms with Crippen LogP contribution in [0, 0.1) is 0 Å². The number of H-pyrrole nitrogens is 1. The summed E-state index contributed by atoms with van der Waals surface area (Å²) in [7, 11) is 2.06. The Balaban J connectivity index is 1.79. The third kappa shape index (κ3) is 2.52. The Morgan fingerprint density at radius 1 is 1.00 bits per heavy atom. The first-order valence-electron chi connectivity index (χ1n) is 7.00. The van der Waals surface area contributed by atoms with Gasteiger partial charge >= 0.3 is 0 Å². The molecule has 0 aliphatic rings. The van der Waals surface area contributed by atoms with Gasteiger partial charge in [-0.25, -0.2) is 4.98 Å². The highest BCUT2D eigenvalue weighted by molar-refractivity contribution is 5.77. The van der Waals surface area contributed by atoms with E-state index >= 15 is 0 Å². The number of hydrogen-bond acceptors (Lipinski definition) is 2. The van der Waals surface area contributed by atoms with E-state index in [-0.39, 0.29) is 0 Å². The van der Waals surface area contributed by atoms with Gasteiger partial charge < -0.3 is 9.88 Å². The largest absolute Gasteiger partial charge is 0.341 e. The molecule has 0 spiro atoms. The maximum atomic E-state index is 4.61.